The SMILES string of the molecule is Cc1ccccc1CN1CCN(C(=O)CCCN2C(=O)c3ccccc3C2=O)CC1. The van der Waals surface area contributed by atoms with Gasteiger partial charge in [0.15, 0.2) is 0 Å². The molecule has 0 unspecified atom stereocenters. The average Bonchev–Trinajstić information content (AvgIpc) is 3.01. The van der Waals surface area contributed by atoms with Crippen LogP contribution < -0.4 is 0 Å². The van der Waals surface area contributed by atoms with E-state index >= 15 is 0 Å². The lowest BCUT2D eigenvalue weighted by atomic mass is 10.1. The van der Waals surface area contributed by atoms with Crippen molar-refractivity contribution in [3.63, 3.8) is 0 Å². The number of carbonyl (C=O) groups excluding carboxylic acids is 3. The molecule has 0 spiro atoms. The number of piperazine rings is 1. The van der Waals surface area contributed by atoms with Gasteiger partial charge in [0.1, 0.15) is 0 Å². The van der Waals surface area contributed by atoms with Crippen LogP contribution in [0.4, 0.5) is 0 Å². The molecule has 2 aliphatic rings. The Hall–Kier alpha value is -2.99. The monoisotopic (exact) mass is 405 g/mol. The number of fused-ring (bicyclic) bond motifs is 1. The molecular formula is C24H27N3O3. The molecule has 156 valence electrons. The van der Waals surface area contributed by atoms with Crippen LogP contribution in [0.2, 0.25) is 0 Å². The van der Waals surface area contributed by atoms with E-state index in [1.54, 1.807) is 24.3 Å². The summed E-state index contributed by atoms with van der Waals surface area (Å²) in [5.74, 6) is -0.414. The number of amides is 3. The first-order valence-corrected chi connectivity index (χ1v) is 10.5. The van der Waals surface area contributed by atoms with E-state index in [4.69, 9.17) is 0 Å². The second-order valence-corrected chi connectivity index (χ2v) is 7.99. The van der Waals surface area contributed by atoms with Gasteiger partial charge in [0.2, 0.25) is 5.91 Å². The summed E-state index contributed by atoms with van der Waals surface area (Å²) in [7, 11) is 0. The summed E-state index contributed by atoms with van der Waals surface area (Å²) in [6.07, 6.45) is 0.846. The summed E-state index contributed by atoms with van der Waals surface area (Å²) in [6.45, 7) is 6.48. The Kier molecular flexibility index (Phi) is 5.95. The molecule has 1 saturated heterocycles. The molecule has 0 bridgehead atoms. The molecule has 2 aromatic rings. The van der Waals surface area contributed by atoms with Crippen molar-refractivity contribution in [1.82, 2.24) is 14.7 Å². The molecule has 2 aromatic carbocycles. The molecule has 6 heteroatoms. The van der Waals surface area contributed by atoms with E-state index in [1.165, 1.54) is 16.0 Å². The van der Waals surface area contributed by atoms with Crippen molar-refractivity contribution < 1.29 is 14.4 Å². The molecule has 0 aliphatic carbocycles. The van der Waals surface area contributed by atoms with Crippen LogP contribution in [-0.4, -0.2) is 65.1 Å². The summed E-state index contributed by atoms with van der Waals surface area (Å²) >= 11 is 0. The van der Waals surface area contributed by atoms with Gasteiger partial charge in [0.05, 0.1) is 11.1 Å². The molecule has 3 amide bonds. The minimum absolute atomic E-state index is 0.0992. The lowest BCUT2D eigenvalue weighted by Crippen LogP contribution is -2.48. The maximum atomic E-state index is 12.6. The molecule has 0 aromatic heterocycles. The van der Waals surface area contributed by atoms with Gasteiger partial charge in [-0.05, 0) is 36.6 Å². The van der Waals surface area contributed by atoms with Crippen LogP contribution in [0.5, 0.6) is 0 Å². The number of aryl methyl sites for hydroxylation is 1. The van der Waals surface area contributed by atoms with Crippen molar-refractivity contribution in [3.05, 3.63) is 70.8 Å². The molecular weight excluding hydrogens is 378 g/mol. The largest absolute Gasteiger partial charge is 0.340 e. The van der Waals surface area contributed by atoms with Gasteiger partial charge in [-0.15, -0.1) is 0 Å². The third-order valence-corrected chi connectivity index (χ3v) is 6.03. The number of benzene rings is 2. The molecule has 4 rings (SSSR count). The fourth-order valence-corrected chi connectivity index (χ4v) is 4.17. The highest BCUT2D eigenvalue weighted by Crippen LogP contribution is 2.22. The zero-order valence-electron chi connectivity index (χ0n) is 17.3. The van der Waals surface area contributed by atoms with Gasteiger partial charge in [-0.2, -0.15) is 0 Å². The van der Waals surface area contributed by atoms with E-state index in [-0.39, 0.29) is 24.3 Å². The molecule has 6 nitrogen and oxygen atoms in total. The first-order valence-electron chi connectivity index (χ1n) is 10.5. The molecule has 2 heterocycles. The van der Waals surface area contributed by atoms with E-state index < -0.39 is 0 Å². The van der Waals surface area contributed by atoms with E-state index in [9.17, 15) is 14.4 Å². The third kappa shape index (κ3) is 4.14. The van der Waals surface area contributed by atoms with Crippen molar-refractivity contribution >= 4 is 17.7 Å². The number of nitrogens with zero attached hydrogens (tertiary/aromatic N) is 3. The Labute approximate surface area is 177 Å². The summed E-state index contributed by atoms with van der Waals surface area (Å²) in [5.41, 5.74) is 3.54. The second-order valence-electron chi connectivity index (χ2n) is 7.99. The molecule has 2 aliphatic heterocycles. The van der Waals surface area contributed by atoms with Gasteiger partial charge in [0.25, 0.3) is 11.8 Å². The Morgan fingerprint density at radius 1 is 0.867 bits per heavy atom. The molecule has 30 heavy (non-hydrogen) atoms. The first kappa shape index (κ1) is 20.3. The van der Waals surface area contributed by atoms with Crippen LogP contribution in [-0.2, 0) is 11.3 Å². The zero-order valence-corrected chi connectivity index (χ0v) is 17.3. The zero-order chi connectivity index (χ0) is 21.1. The minimum Gasteiger partial charge on any atom is -0.340 e. The lowest BCUT2D eigenvalue weighted by Gasteiger charge is -2.35. The third-order valence-electron chi connectivity index (χ3n) is 6.03. The van der Waals surface area contributed by atoms with Gasteiger partial charge in [-0.1, -0.05) is 36.4 Å². The molecule has 0 N–H and O–H groups in total. The summed E-state index contributed by atoms with van der Waals surface area (Å²) in [4.78, 5) is 42.9. The van der Waals surface area contributed by atoms with Crippen LogP contribution >= 0.6 is 0 Å². The Morgan fingerprint density at radius 3 is 2.10 bits per heavy atom. The Balaban J connectivity index is 1.22. The first-order chi connectivity index (χ1) is 14.5. The smallest absolute Gasteiger partial charge is 0.261 e. The van der Waals surface area contributed by atoms with Crippen molar-refractivity contribution in [2.24, 2.45) is 0 Å². The maximum absolute atomic E-state index is 12.6. The van der Waals surface area contributed by atoms with Gasteiger partial charge in [0, 0.05) is 45.7 Å². The predicted octanol–water partition coefficient (Wildman–Crippen LogP) is 2.72. The van der Waals surface area contributed by atoms with Gasteiger partial charge < -0.3 is 4.90 Å². The van der Waals surface area contributed by atoms with Crippen LogP contribution in [0.15, 0.2) is 48.5 Å². The lowest BCUT2D eigenvalue weighted by molar-refractivity contribution is -0.133. The van der Waals surface area contributed by atoms with E-state index in [2.05, 4.69) is 36.1 Å². The highest BCUT2D eigenvalue weighted by molar-refractivity contribution is 6.21. The Bertz CT molecular complexity index is 929. The maximum Gasteiger partial charge on any atom is 0.261 e. The fourth-order valence-electron chi connectivity index (χ4n) is 4.17. The van der Waals surface area contributed by atoms with Gasteiger partial charge in [-0.25, -0.2) is 0 Å². The average molecular weight is 405 g/mol. The number of hydrogen-bond donors (Lipinski definition) is 0. The fraction of sp³-hybridized carbons (Fsp3) is 0.375. The quantitative estimate of drug-likeness (QED) is 0.694. The minimum atomic E-state index is -0.257. The van der Waals surface area contributed by atoms with Crippen molar-refractivity contribution in [2.75, 3.05) is 32.7 Å². The Morgan fingerprint density at radius 2 is 1.47 bits per heavy atom. The van der Waals surface area contributed by atoms with Crippen LogP contribution in [0.25, 0.3) is 0 Å². The second kappa shape index (κ2) is 8.79. The molecule has 0 atom stereocenters. The highest BCUT2D eigenvalue weighted by Gasteiger charge is 2.34. The molecule has 0 saturated carbocycles. The van der Waals surface area contributed by atoms with Crippen molar-refractivity contribution in [3.8, 4) is 0 Å². The number of imide groups is 1. The molecule has 0 radical (unpaired) electrons. The normalized spacial score (nSPS) is 16.8. The van der Waals surface area contributed by atoms with Gasteiger partial charge >= 0.3 is 0 Å². The summed E-state index contributed by atoms with van der Waals surface area (Å²) in [6, 6.07) is 15.3. The molecule has 1 fully saturated rings. The van der Waals surface area contributed by atoms with Crippen molar-refractivity contribution in [1.29, 1.82) is 0 Å². The van der Waals surface area contributed by atoms with Crippen LogP contribution in [0.3, 0.4) is 0 Å². The number of rotatable bonds is 6. The van der Waals surface area contributed by atoms with E-state index in [0.717, 1.165) is 32.7 Å². The van der Waals surface area contributed by atoms with Gasteiger partial charge in [-0.3, -0.25) is 24.2 Å². The van der Waals surface area contributed by atoms with E-state index in [1.807, 2.05) is 4.90 Å². The predicted molar refractivity (Wildman–Crippen MR) is 114 cm³/mol. The van der Waals surface area contributed by atoms with E-state index in [0.29, 0.717) is 24.0 Å². The number of carbonyl (C=O) groups is 3. The topological polar surface area (TPSA) is 60.9 Å². The van der Waals surface area contributed by atoms with Crippen LogP contribution in [0.1, 0.15) is 44.7 Å². The number of hydrogen-bond acceptors (Lipinski definition) is 4. The van der Waals surface area contributed by atoms with Crippen LogP contribution in [0, 0.1) is 6.92 Å². The standard InChI is InChI=1S/C24H27N3O3/c1-18-7-2-3-8-19(18)17-25-13-15-26(16-14-25)22(28)11-6-12-27-23(29)20-9-4-5-10-21(20)24(27)30/h2-5,7-10H,6,11-17H2,1H3. The highest BCUT2D eigenvalue weighted by atomic mass is 16.2. The summed E-state index contributed by atoms with van der Waals surface area (Å²) < 4.78 is 0. The van der Waals surface area contributed by atoms with Crippen molar-refractivity contribution in [2.45, 2.75) is 26.3 Å². The summed E-state index contributed by atoms with van der Waals surface area (Å²) in [5, 5.41) is 0.